The number of fused-ring (bicyclic) bond motifs is 1. The molecule has 2 aliphatic rings. The molecule has 1 aliphatic heterocycles. The normalized spacial score (nSPS) is 19.8. The van der Waals surface area contributed by atoms with Crippen molar-refractivity contribution in [2.24, 2.45) is 11.8 Å². The van der Waals surface area contributed by atoms with Gasteiger partial charge < -0.3 is 15.2 Å². The van der Waals surface area contributed by atoms with Crippen LogP contribution in [0.25, 0.3) is 21.3 Å². The third-order valence-electron chi connectivity index (χ3n) is 7.18. The Morgan fingerprint density at radius 2 is 1.91 bits per heavy atom. The zero-order valence-electron chi connectivity index (χ0n) is 19.2. The van der Waals surface area contributed by atoms with Gasteiger partial charge in [-0.15, -0.1) is 11.3 Å². The highest BCUT2D eigenvalue weighted by molar-refractivity contribution is 7.13. The Hall–Kier alpha value is -2.77. The zero-order valence-corrected chi connectivity index (χ0v) is 20.0. The van der Waals surface area contributed by atoms with Crippen LogP contribution in [0.1, 0.15) is 56.6 Å². The van der Waals surface area contributed by atoms with Gasteiger partial charge in [-0.1, -0.05) is 37.5 Å². The molecular weight excluding hydrogens is 448 g/mol. The summed E-state index contributed by atoms with van der Waals surface area (Å²) >= 11 is 1.64. The molecule has 0 spiro atoms. The van der Waals surface area contributed by atoms with E-state index in [4.69, 9.17) is 9.72 Å². The number of rotatable bonds is 7. The van der Waals surface area contributed by atoms with Gasteiger partial charge in [0.15, 0.2) is 0 Å². The van der Waals surface area contributed by atoms with Gasteiger partial charge in [-0.25, -0.2) is 4.98 Å². The van der Waals surface area contributed by atoms with Crippen LogP contribution in [0.15, 0.2) is 41.8 Å². The van der Waals surface area contributed by atoms with Gasteiger partial charge in [-0.3, -0.25) is 9.59 Å². The molecule has 2 fully saturated rings. The average Bonchev–Trinajstić information content (AvgIpc) is 3.55. The Bertz CT molecular complexity index is 1180. The number of benzene rings is 2. The molecule has 1 saturated carbocycles. The first-order valence-electron chi connectivity index (χ1n) is 12.2. The van der Waals surface area contributed by atoms with Gasteiger partial charge in [0.1, 0.15) is 5.01 Å². The molecule has 0 radical (unpaired) electrons. The first-order valence-corrected chi connectivity index (χ1v) is 13.0. The fourth-order valence-electron chi connectivity index (χ4n) is 5.24. The Kier molecular flexibility index (Phi) is 6.92. The maximum atomic E-state index is 12.7. The number of thiazole rings is 1. The third kappa shape index (κ3) is 5.15. The van der Waals surface area contributed by atoms with Gasteiger partial charge in [-0.2, -0.15) is 0 Å². The molecule has 6 nitrogen and oxygen atoms in total. The summed E-state index contributed by atoms with van der Waals surface area (Å²) < 4.78 is 5.50. The highest BCUT2D eigenvalue weighted by Crippen LogP contribution is 2.34. The topological polar surface area (TPSA) is 88.5 Å². The van der Waals surface area contributed by atoms with Crippen molar-refractivity contribution in [1.82, 2.24) is 4.98 Å². The number of nitrogens with zero attached hydrogens (tertiary/aromatic N) is 1. The van der Waals surface area contributed by atoms with Gasteiger partial charge in [0.25, 0.3) is 0 Å². The van der Waals surface area contributed by atoms with Crippen LogP contribution in [0.3, 0.4) is 0 Å². The summed E-state index contributed by atoms with van der Waals surface area (Å²) in [5.74, 6) is -1.24. The lowest BCUT2D eigenvalue weighted by Crippen LogP contribution is -2.30. The molecule has 1 saturated heterocycles. The van der Waals surface area contributed by atoms with E-state index in [0.29, 0.717) is 11.6 Å². The first kappa shape index (κ1) is 23.0. The number of aliphatic carboxylic acids is 1. The average molecular weight is 479 g/mol. The lowest BCUT2D eigenvalue weighted by atomic mass is 9.78. The van der Waals surface area contributed by atoms with Crippen molar-refractivity contribution in [3.63, 3.8) is 0 Å². The standard InChI is InChI=1S/C27H30N2O4S/c30-25(14-23(27(31)32)18-4-2-1-3-5-18)28-22-9-8-17-6-7-19(12-21(17)13-22)26-29-24(16-34-26)20-10-11-33-15-20/h6-9,12-13,16,18,20,23H,1-5,10-11,14-15H2,(H,28,30)(H,31,32). The second-order valence-corrected chi connectivity index (χ2v) is 10.4. The van der Waals surface area contributed by atoms with E-state index in [9.17, 15) is 14.7 Å². The quantitative estimate of drug-likeness (QED) is 0.430. The van der Waals surface area contributed by atoms with E-state index < -0.39 is 11.9 Å². The number of carbonyl (C=O) groups is 2. The summed E-state index contributed by atoms with van der Waals surface area (Å²) in [5.41, 5.74) is 2.84. The molecule has 2 atom stereocenters. The lowest BCUT2D eigenvalue weighted by Gasteiger charge is -2.27. The summed E-state index contributed by atoms with van der Waals surface area (Å²) in [6, 6.07) is 12.0. The first-order chi connectivity index (χ1) is 16.6. The maximum absolute atomic E-state index is 12.7. The van der Waals surface area contributed by atoms with Crippen LogP contribution >= 0.6 is 11.3 Å². The predicted molar refractivity (Wildman–Crippen MR) is 134 cm³/mol. The van der Waals surface area contributed by atoms with E-state index in [1.807, 2.05) is 18.2 Å². The van der Waals surface area contributed by atoms with Crippen molar-refractivity contribution in [2.75, 3.05) is 18.5 Å². The number of hydrogen-bond donors (Lipinski definition) is 2. The summed E-state index contributed by atoms with van der Waals surface area (Å²) in [4.78, 5) is 29.4. The van der Waals surface area contributed by atoms with Gasteiger partial charge in [0, 0.05) is 35.6 Å². The molecule has 2 unspecified atom stereocenters. The van der Waals surface area contributed by atoms with E-state index >= 15 is 0 Å². The van der Waals surface area contributed by atoms with E-state index in [2.05, 4.69) is 28.9 Å². The van der Waals surface area contributed by atoms with Crippen LogP contribution in [0.2, 0.25) is 0 Å². The summed E-state index contributed by atoms with van der Waals surface area (Å²) in [6.07, 6.45) is 6.10. The second-order valence-electron chi connectivity index (χ2n) is 9.51. The lowest BCUT2D eigenvalue weighted by molar-refractivity contribution is -0.146. The minimum Gasteiger partial charge on any atom is -0.481 e. The van der Waals surface area contributed by atoms with Crippen molar-refractivity contribution in [3.8, 4) is 10.6 Å². The zero-order chi connectivity index (χ0) is 23.5. The summed E-state index contributed by atoms with van der Waals surface area (Å²) in [5, 5.41) is 17.8. The van der Waals surface area contributed by atoms with Crippen molar-refractivity contribution in [3.05, 3.63) is 47.5 Å². The van der Waals surface area contributed by atoms with Crippen molar-refractivity contribution < 1.29 is 19.4 Å². The van der Waals surface area contributed by atoms with Crippen LogP contribution in [0.5, 0.6) is 0 Å². The van der Waals surface area contributed by atoms with Crippen LogP contribution in [0.4, 0.5) is 5.69 Å². The largest absolute Gasteiger partial charge is 0.481 e. The fraction of sp³-hybridized carbons (Fsp3) is 0.444. The fourth-order valence-corrected chi connectivity index (χ4v) is 6.13. The molecule has 34 heavy (non-hydrogen) atoms. The molecule has 1 aromatic heterocycles. The molecule has 5 rings (SSSR count). The molecular formula is C27H30N2O4S. The van der Waals surface area contributed by atoms with Crippen LogP contribution in [-0.4, -0.2) is 35.2 Å². The van der Waals surface area contributed by atoms with Gasteiger partial charge in [-0.05, 0) is 54.2 Å². The van der Waals surface area contributed by atoms with Gasteiger partial charge >= 0.3 is 5.97 Å². The maximum Gasteiger partial charge on any atom is 0.307 e. The molecule has 1 aliphatic carbocycles. The SMILES string of the molecule is O=C(CC(C(=O)O)C1CCCCC1)Nc1ccc2ccc(-c3nc(C4CCOC4)cs3)cc2c1. The number of amides is 1. The monoisotopic (exact) mass is 478 g/mol. The number of hydrogen-bond acceptors (Lipinski definition) is 5. The molecule has 2 N–H and O–H groups in total. The summed E-state index contributed by atoms with van der Waals surface area (Å²) in [7, 11) is 0. The minimum atomic E-state index is -0.864. The molecule has 2 heterocycles. The summed E-state index contributed by atoms with van der Waals surface area (Å²) in [6.45, 7) is 1.54. The minimum absolute atomic E-state index is 0.0187. The number of aromatic nitrogens is 1. The Morgan fingerprint density at radius 1 is 1.09 bits per heavy atom. The molecule has 0 bridgehead atoms. The smallest absolute Gasteiger partial charge is 0.307 e. The number of carboxylic acids is 1. The van der Waals surface area contributed by atoms with E-state index in [1.165, 1.54) is 0 Å². The van der Waals surface area contributed by atoms with E-state index in [0.717, 1.165) is 78.8 Å². The van der Waals surface area contributed by atoms with Crippen molar-refractivity contribution in [2.45, 2.75) is 50.9 Å². The number of anilines is 1. The number of carbonyl (C=O) groups excluding carboxylic acids is 1. The number of nitrogens with one attached hydrogen (secondary N) is 1. The highest BCUT2D eigenvalue weighted by Gasteiger charge is 2.31. The number of ether oxygens (including phenoxy) is 1. The predicted octanol–water partition coefficient (Wildman–Crippen LogP) is 6.08. The Balaban J connectivity index is 1.30. The van der Waals surface area contributed by atoms with Crippen molar-refractivity contribution in [1.29, 1.82) is 0 Å². The van der Waals surface area contributed by atoms with E-state index in [-0.39, 0.29) is 18.2 Å². The molecule has 7 heteroatoms. The highest BCUT2D eigenvalue weighted by atomic mass is 32.1. The van der Waals surface area contributed by atoms with Crippen molar-refractivity contribution >= 4 is 39.7 Å². The van der Waals surface area contributed by atoms with Gasteiger partial charge in [0.2, 0.25) is 5.91 Å². The van der Waals surface area contributed by atoms with Gasteiger partial charge in [0.05, 0.1) is 18.2 Å². The molecule has 3 aromatic rings. The molecule has 178 valence electrons. The van der Waals surface area contributed by atoms with Crippen LogP contribution in [0, 0.1) is 11.8 Å². The Morgan fingerprint density at radius 3 is 2.68 bits per heavy atom. The van der Waals surface area contributed by atoms with E-state index in [1.54, 1.807) is 11.3 Å². The third-order valence-corrected chi connectivity index (χ3v) is 8.09. The number of carboxylic acid groups (broad SMARTS) is 1. The second kappa shape index (κ2) is 10.2. The Labute approximate surface area is 203 Å². The molecule has 2 aromatic carbocycles. The molecule has 1 amide bonds. The van der Waals surface area contributed by atoms with Crippen LogP contribution in [-0.2, 0) is 14.3 Å². The van der Waals surface area contributed by atoms with Crippen LogP contribution < -0.4 is 5.32 Å².